The fourth-order valence-corrected chi connectivity index (χ4v) is 3.64. The smallest absolute Gasteiger partial charge is 0.00698 e. The summed E-state index contributed by atoms with van der Waals surface area (Å²) < 4.78 is 0. The third kappa shape index (κ3) is 2.31. The monoisotopic (exact) mass is 195 g/mol. The van der Waals surface area contributed by atoms with Gasteiger partial charge in [0.1, 0.15) is 0 Å². The van der Waals surface area contributed by atoms with E-state index in [4.69, 9.17) is 5.73 Å². The quantitative estimate of drug-likeness (QED) is 0.682. The van der Waals surface area contributed by atoms with Crippen LogP contribution in [0.25, 0.3) is 0 Å². The van der Waals surface area contributed by atoms with Gasteiger partial charge in [-0.3, -0.25) is 0 Å². The van der Waals surface area contributed by atoms with E-state index in [1.807, 2.05) is 0 Å². The first kappa shape index (κ1) is 10.5. The highest BCUT2D eigenvalue weighted by Gasteiger charge is 2.31. The Labute approximate surface area is 88.4 Å². The summed E-state index contributed by atoms with van der Waals surface area (Å²) in [6.45, 7) is 2.42. The van der Waals surface area contributed by atoms with Crippen LogP contribution in [-0.4, -0.2) is 6.04 Å². The number of nitrogens with two attached hydrogens (primary N) is 1. The van der Waals surface area contributed by atoms with Crippen molar-refractivity contribution in [2.24, 2.45) is 23.5 Å². The van der Waals surface area contributed by atoms with Crippen LogP contribution in [0, 0.1) is 17.8 Å². The Kier molecular flexibility index (Phi) is 3.48. The first-order valence-corrected chi connectivity index (χ1v) is 6.53. The van der Waals surface area contributed by atoms with Crippen molar-refractivity contribution < 1.29 is 0 Å². The summed E-state index contributed by atoms with van der Waals surface area (Å²) in [5.41, 5.74) is 6.26. The van der Waals surface area contributed by atoms with Gasteiger partial charge < -0.3 is 5.73 Å². The van der Waals surface area contributed by atoms with E-state index < -0.39 is 0 Å². The molecular weight excluding hydrogens is 170 g/mol. The fraction of sp³-hybridized carbons (Fsp3) is 1.00. The van der Waals surface area contributed by atoms with Gasteiger partial charge in [-0.15, -0.1) is 0 Å². The van der Waals surface area contributed by atoms with Gasteiger partial charge in [-0.1, -0.05) is 39.0 Å². The van der Waals surface area contributed by atoms with Crippen molar-refractivity contribution in [2.45, 2.75) is 64.3 Å². The second-order valence-corrected chi connectivity index (χ2v) is 5.64. The standard InChI is InChI=1S/C13H25N/c1-10-5-4-6-11(9-10)12-7-2-3-8-13(12)14/h10-13H,2-9,14H2,1H3/t10-,11?,12?,13?/m0/s1. The summed E-state index contributed by atoms with van der Waals surface area (Å²) in [4.78, 5) is 0. The topological polar surface area (TPSA) is 26.0 Å². The number of hydrogen-bond donors (Lipinski definition) is 1. The molecule has 3 unspecified atom stereocenters. The van der Waals surface area contributed by atoms with E-state index >= 15 is 0 Å². The third-order valence-corrected chi connectivity index (χ3v) is 4.46. The molecule has 0 aromatic heterocycles. The van der Waals surface area contributed by atoms with Crippen LogP contribution in [0.5, 0.6) is 0 Å². The molecule has 1 nitrogen and oxygen atoms in total. The van der Waals surface area contributed by atoms with Crippen molar-refractivity contribution in [3.63, 3.8) is 0 Å². The van der Waals surface area contributed by atoms with E-state index in [-0.39, 0.29) is 0 Å². The first-order valence-electron chi connectivity index (χ1n) is 6.53. The lowest BCUT2D eigenvalue weighted by Crippen LogP contribution is -2.39. The predicted molar refractivity (Wildman–Crippen MR) is 61.1 cm³/mol. The van der Waals surface area contributed by atoms with Gasteiger partial charge in [-0.2, -0.15) is 0 Å². The molecule has 0 saturated heterocycles. The van der Waals surface area contributed by atoms with Crippen LogP contribution in [0.15, 0.2) is 0 Å². The molecule has 4 atom stereocenters. The molecule has 0 aliphatic heterocycles. The maximum absolute atomic E-state index is 6.26. The maximum atomic E-state index is 6.26. The van der Waals surface area contributed by atoms with Crippen LogP contribution in [-0.2, 0) is 0 Å². The molecule has 0 amide bonds. The van der Waals surface area contributed by atoms with E-state index in [0.717, 1.165) is 17.8 Å². The minimum absolute atomic E-state index is 0.527. The molecule has 2 saturated carbocycles. The molecule has 0 radical (unpaired) electrons. The highest BCUT2D eigenvalue weighted by Crippen LogP contribution is 2.39. The molecule has 0 aromatic rings. The predicted octanol–water partition coefficient (Wildman–Crippen LogP) is 3.33. The summed E-state index contributed by atoms with van der Waals surface area (Å²) in [5.74, 6) is 2.79. The summed E-state index contributed by atoms with van der Waals surface area (Å²) >= 11 is 0. The molecule has 0 bridgehead atoms. The molecule has 82 valence electrons. The average molecular weight is 195 g/mol. The molecule has 0 heterocycles. The normalized spacial score (nSPS) is 45.0. The van der Waals surface area contributed by atoms with Crippen LogP contribution in [0.1, 0.15) is 58.3 Å². The lowest BCUT2D eigenvalue weighted by atomic mass is 9.69. The lowest BCUT2D eigenvalue weighted by molar-refractivity contribution is 0.147. The zero-order valence-electron chi connectivity index (χ0n) is 9.54. The summed E-state index contributed by atoms with van der Waals surface area (Å²) in [6.07, 6.45) is 11.3. The Bertz CT molecular complexity index is 178. The van der Waals surface area contributed by atoms with E-state index in [0.29, 0.717) is 6.04 Å². The zero-order chi connectivity index (χ0) is 9.97. The minimum Gasteiger partial charge on any atom is -0.327 e. The molecule has 14 heavy (non-hydrogen) atoms. The largest absolute Gasteiger partial charge is 0.327 e. The average Bonchev–Trinajstić information content (AvgIpc) is 2.18. The Balaban J connectivity index is 1.91. The SMILES string of the molecule is C[C@H]1CCCC(C2CCCCC2N)C1. The van der Waals surface area contributed by atoms with Crippen LogP contribution in [0.3, 0.4) is 0 Å². The molecule has 2 rings (SSSR count). The van der Waals surface area contributed by atoms with Gasteiger partial charge in [0.25, 0.3) is 0 Å². The van der Waals surface area contributed by atoms with E-state index in [1.165, 1.54) is 51.4 Å². The Morgan fingerprint density at radius 3 is 2.43 bits per heavy atom. The van der Waals surface area contributed by atoms with E-state index in [1.54, 1.807) is 0 Å². The molecular formula is C13H25N. The van der Waals surface area contributed by atoms with Crippen molar-refractivity contribution >= 4 is 0 Å². The molecule has 1 heteroatoms. The maximum Gasteiger partial charge on any atom is 0.00698 e. The van der Waals surface area contributed by atoms with Gasteiger partial charge >= 0.3 is 0 Å². The van der Waals surface area contributed by atoms with Crippen molar-refractivity contribution in [3.8, 4) is 0 Å². The van der Waals surface area contributed by atoms with Crippen LogP contribution >= 0.6 is 0 Å². The van der Waals surface area contributed by atoms with Crippen molar-refractivity contribution in [2.75, 3.05) is 0 Å². The Morgan fingerprint density at radius 2 is 1.71 bits per heavy atom. The summed E-state index contributed by atoms with van der Waals surface area (Å²) in [7, 11) is 0. The van der Waals surface area contributed by atoms with Crippen molar-refractivity contribution in [1.29, 1.82) is 0 Å². The van der Waals surface area contributed by atoms with Crippen LogP contribution < -0.4 is 5.73 Å². The molecule has 2 N–H and O–H groups in total. The summed E-state index contributed by atoms with van der Waals surface area (Å²) in [6, 6.07) is 0.527. The summed E-state index contributed by atoms with van der Waals surface area (Å²) in [5, 5.41) is 0. The second-order valence-electron chi connectivity index (χ2n) is 5.64. The highest BCUT2D eigenvalue weighted by molar-refractivity contribution is 4.85. The van der Waals surface area contributed by atoms with Crippen LogP contribution in [0.2, 0.25) is 0 Å². The fourth-order valence-electron chi connectivity index (χ4n) is 3.64. The molecule has 0 aromatic carbocycles. The van der Waals surface area contributed by atoms with E-state index in [9.17, 15) is 0 Å². The Morgan fingerprint density at radius 1 is 0.929 bits per heavy atom. The van der Waals surface area contributed by atoms with Gasteiger partial charge in [-0.05, 0) is 37.0 Å². The van der Waals surface area contributed by atoms with Crippen molar-refractivity contribution in [1.82, 2.24) is 0 Å². The first-order chi connectivity index (χ1) is 6.77. The van der Waals surface area contributed by atoms with Gasteiger partial charge in [-0.25, -0.2) is 0 Å². The molecule has 2 aliphatic carbocycles. The van der Waals surface area contributed by atoms with Gasteiger partial charge in [0.05, 0.1) is 0 Å². The highest BCUT2D eigenvalue weighted by atomic mass is 14.7. The zero-order valence-corrected chi connectivity index (χ0v) is 9.54. The van der Waals surface area contributed by atoms with Crippen LogP contribution in [0.4, 0.5) is 0 Å². The van der Waals surface area contributed by atoms with Gasteiger partial charge in [0.15, 0.2) is 0 Å². The molecule has 2 fully saturated rings. The Hall–Kier alpha value is -0.0400. The van der Waals surface area contributed by atoms with Crippen molar-refractivity contribution in [3.05, 3.63) is 0 Å². The lowest BCUT2D eigenvalue weighted by Gasteiger charge is -2.39. The minimum atomic E-state index is 0.527. The van der Waals surface area contributed by atoms with Gasteiger partial charge in [0.2, 0.25) is 0 Å². The van der Waals surface area contributed by atoms with E-state index in [2.05, 4.69) is 6.92 Å². The molecule has 0 spiro atoms. The number of hydrogen-bond acceptors (Lipinski definition) is 1. The number of rotatable bonds is 1. The van der Waals surface area contributed by atoms with Gasteiger partial charge in [0, 0.05) is 6.04 Å². The molecule has 2 aliphatic rings. The third-order valence-electron chi connectivity index (χ3n) is 4.46. The second kappa shape index (κ2) is 4.65.